The molecule has 0 atom stereocenters. The van der Waals surface area contributed by atoms with Gasteiger partial charge in [0.15, 0.2) is 0 Å². The lowest BCUT2D eigenvalue weighted by molar-refractivity contribution is 0.125. The van der Waals surface area contributed by atoms with Gasteiger partial charge in [-0.05, 0) is 42.0 Å². The molecule has 0 radical (unpaired) electrons. The van der Waals surface area contributed by atoms with Crippen LogP contribution >= 0.6 is 0 Å². The molecule has 0 aliphatic carbocycles. The van der Waals surface area contributed by atoms with Crippen molar-refractivity contribution < 1.29 is 14.3 Å². The summed E-state index contributed by atoms with van der Waals surface area (Å²) in [5.74, 6) is 0.512. The topological polar surface area (TPSA) is 111 Å². The van der Waals surface area contributed by atoms with Crippen LogP contribution in [-0.4, -0.2) is 39.1 Å². The van der Waals surface area contributed by atoms with Crippen LogP contribution in [0, 0.1) is 5.82 Å². The van der Waals surface area contributed by atoms with Crippen LogP contribution in [0.25, 0.3) is 10.9 Å². The molecule has 2 aromatic carbocycles. The highest BCUT2D eigenvalue weighted by atomic mass is 19.1. The highest BCUT2D eigenvalue weighted by Gasteiger charge is 2.10. The molecule has 8 nitrogen and oxygen atoms in total. The molecule has 0 fully saturated rings. The SMILES string of the molecule is Nc1ncnc(Nc2ccc3c(ccn3Cc3cccc(F)c3)c2)c1/C=N/OCCCO. The van der Waals surface area contributed by atoms with Crippen molar-refractivity contribution in [3.05, 3.63) is 78.0 Å². The summed E-state index contributed by atoms with van der Waals surface area (Å²) in [6.45, 7) is 0.908. The third-order valence-electron chi connectivity index (χ3n) is 4.84. The number of hydrogen-bond donors (Lipinski definition) is 3. The van der Waals surface area contributed by atoms with Gasteiger partial charge in [-0.3, -0.25) is 0 Å². The minimum atomic E-state index is -0.243. The zero-order valence-corrected chi connectivity index (χ0v) is 17.3. The summed E-state index contributed by atoms with van der Waals surface area (Å²) < 4.78 is 15.6. The van der Waals surface area contributed by atoms with Gasteiger partial charge in [0, 0.05) is 42.4 Å². The predicted molar refractivity (Wildman–Crippen MR) is 122 cm³/mol. The van der Waals surface area contributed by atoms with Gasteiger partial charge in [0.05, 0.1) is 11.8 Å². The lowest BCUT2D eigenvalue weighted by Crippen LogP contribution is -2.05. The Kier molecular flexibility index (Phi) is 6.57. The van der Waals surface area contributed by atoms with Gasteiger partial charge in [-0.2, -0.15) is 0 Å². The molecule has 4 aromatic rings. The van der Waals surface area contributed by atoms with Crippen LogP contribution < -0.4 is 11.1 Å². The Labute approximate surface area is 184 Å². The van der Waals surface area contributed by atoms with Crippen LogP contribution in [0.3, 0.4) is 0 Å². The maximum absolute atomic E-state index is 13.5. The molecule has 0 amide bonds. The number of nitrogens with zero attached hydrogens (tertiary/aromatic N) is 4. The molecule has 164 valence electrons. The molecule has 0 aliphatic heterocycles. The Bertz CT molecular complexity index is 1240. The number of anilines is 3. The highest BCUT2D eigenvalue weighted by molar-refractivity contribution is 5.93. The van der Waals surface area contributed by atoms with E-state index in [-0.39, 0.29) is 18.2 Å². The first-order valence-corrected chi connectivity index (χ1v) is 10.1. The molecule has 0 saturated heterocycles. The number of halogens is 1. The summed E-state index contributed by atoms with van der Waals surface area (Å²) in [5, 5.41) is 16.9. The van der Waals surface area contributed by atoms with Gasteiger partial charge in [0.25, 0.3) is 0 Å². The molecule has 0 unspecified atom stereocenters. The fourth-order valence-electron chi connectivity index (χ4n) is 3.29. The number of benzene rings is 2. The van der Waals surface area contributed by atoms with E-state index in [0.717, 1.165) is 22.2 Å². The van der Waals surface area contributed by atoms with Gasteiger partial charge in [-0.25, -0.2) is 14.4 Å². The van der Waals surface area contributed by atoms with Gasteiger partial charge >= 0.3 is 0 Å². The zero-order chi connectivity index (χ0) is 22.3. The zero-order valence-electron chi connectivity index (χ0n) is 17.3. The largest absolute Gasteiger partial charge is 0.396 e. The molecule has 32 heavy (non-hydrogen) atoms. The van der Waals surface area contributed by atoms with Crippen LogP contribution in [0.5, 0.6) is 0 Å². The van der Waals surface area contributed by atoms with Crippen LogP contribution in [-0.2, 0) is 11.4 Å². The average molecular weight is 434 g/mol. The number of nitrogen functional groups attached to an aromatic ring is 1. The lowest BCUT2D eigenvalue weighted by atomic mass is 10.2. The summed E-state index contributed by atoms with van der Waals surface area (Å²) in [6.07, 6.45) is 5.28. The van der Waals surface area contributed by atoms with Crippen molar-refractivity contribution >= 4 is 34.4 Å². The van der Waals surface area contributed by atoms with Crippen molar-refractivity contribution in [3.8, 4) is 0 Å². The molecule has 2 aromatic heterocycles. The smallest absolute Gasteiger partial charge is 0.144 e. The second-order valence-electron chi connectivity index (χ2n) is 7.14. The van der Waals surface area contributed by atoms with Gasteiger partial charge in [0.2, 0.25) is 0 Å². The van der Waals surface area contributed by atoms with E-state index in [1.54, 1.807) is 6.07 Å². The van der Waals surface area contributed by atoms with Crippen molar-refractivity contribution in [3.63, 3.8) is 0 Å². The van der Waals surface area contributed by atoms with Gasteiger partial charge in [-0.1, -0.05) is 17.3 Å². The minimum absolute atomic E-state index is 0.0331. The summed E-state index contributed by atoms with van der Waals surface area (Å²) in [6, 6.07) is 14.5. The van der Waals surface area contributed by atoms with Gasteiger partial charge in [-0.15, -0.1) is 0 Å². The van der Waals surface area contributed by atoms with Crippen molar-refractivity contribution in [2.75, 3.05) is 24.3 Å². The monoisotopic (exact) mass is 434 g/mol. The van der Waals surface area contributed by atoms with E-state index in [4.69, 9.17) is 15.7 Å². The normalized spacial score (nSPS) is 11.3. The number of hydrogen-bond acceptors (Lipinski definition) is 7. The maximum atomic E-state index is 13.5. The number of nitrogens with one attached hydrogen (secondary N) is 1. The summed E-state index contributed by atoms with van der Waals surface area (Å²) in [7, 11) is 0. The fourth-order valence-corrected chi connectivity index (χ4v) is 3.29. The number of aromatic nitrogens is 3. The molecule has 0 saturated carbocycles. The molecule has 2 heterocycles. The Morgan fingerprint density at radius 2 is 2.09 bits per heavy atom. The number of oxime groups is 1. The predicted octanol–water partition coefficient (Wildman–Crippen LogP) is 3.68. The Morgan fingerprint density at radius 3 is 2.94 bits per heavy atom. The van der Waals surface area contributed by atoms with Crippen LogP contribution in [0.15, 0.2) is 66.2 Å². The van der Waals surface area contributed by atoms with E-state index < -0.39 is 0 Å². The quantitative estimate of drug-likeness (QED) is 0.211. The number of aliphatic hydroxyl groups is 1. The number of fused-ring (bicyclic) bond motifs is 1. The summed E-state index contributed by atoms with van der Waals surface area (Å²) in [5.41, 5.74) is 9.22. The second kappa shape index (κ2) is 9.88. The van der Waals surface area contributed by atoms with Crippen molar-refractivity contribution in [2.24, 2.45) is 5.16 Å². The molecule has 4 N–H and O–H groups in total. The molecule has 4 rings (SSSR count). The average Bonchev–Trinajstić information content (AvgIpc) is 3.17. The van der Waals surface area contributed by atoms with E-state index in [0.29, 0.717) is 31.0 Å². The van der Waals surface area contributed by atoms with Gasteiger partial charge < -0.3 is 25.6 Å². The number of aliphatic hydroxyl groups excluding tert-OH is 1. The van der Waals surface area contributed by atoms with E-state index in [1.165, 1.54) is 24.7 Å². The first-order chi connectivity index (χ1) is 15.6. The van der Waals surface area contributed by atoms with E-state index in [2.05, 4.69) is 25.0 Å². The van der Waals surface area contributed by atoms with Gasteiger partial charge in [0.1, 0.15) is 30.4 Å². The molecule has 0 spiro atoms. The Balaban J connectivity index is 1.53. The third kappa shape index (κ3) is 5.01. The third-order valence-corrected chi connectivity index (χ3v) is 4.84. The molecular formula is C23H23FN6O2. The summed E-state index contributed by atoms with van der Waals surface area (Å²) >= 11 is 0. The van der Waals surface area contributed by atoms with Crippen LogP contribution in [0.4, 0.5) is 21.7 Å². The Morgan fingerprint density at radius 1 is 1.19 bits per heavy atom. The first-order valence-electron chi connectivity index (χ1n) is 10.1. The van der Waals surface area contributed by atoms with E-state index >= 15 is 0 Å². The second-order valence-corrected chi connectivity index (χ2v) is 7.14. The number of rotatable bonds is 9. The first kappa shape index (κ1) is 21.3. The molecule has 0 aliphatic rings. The molecule has 0 bridgehead atoms. The van der Waals surface area contributed by atoms with E-state index in [9.17, 15) is 4.39 Å². The molecular weight excluding hydrogens is 411 g/mol. The van der Waals surface area contributed by atoms with Crippen LogP contribution in [0.2, 0.25) is 0 Å². The van der Waals surface area contributed by atoms with Crippen molar-refractivity contribution in [1.29, 1.82) is 0 Å². The minimum Gasteiger partial charge on any atom is -0.396 e. The maximum Gasteiger partial charge on any atom is 0.144 e. The van der Waals surface area contributed by atoms with Crippen molar-refractivity contribution in [1.82, 2.24) is 14.5 Å². The fraction of sp³-hybridized carbons (Fsp3) is 0.174. The van der Waals surface area contributed by atoms with Crippen LogP contribution in [0.1, 0.15) is 17.5 Å². The van der Waals surface area contributed by atoms with Crippen molar-refractivity contribution in [2.45, 2.75) is 13.0 Å². The number of nitrogens with two attached hydrogens (primary N) is 1. The Hall–Kier alpha value is -3.98. The molecule has 9 heteroatoms. The highest BCUT2D eigenvalue weighted by Crippen LogP contribution is 2.25. The summed E-state index contributed by atoms with van der Waals surface area (Å²) in [4.78, 5) is 13.4. The standard InChI is InChI=1S/C23H23FN6O2/c24-18-4-1-3-16(11-18)14-30-8-7-17-12-19(5-6-21(17)30)29-23-20(22(25)26-15-27-23)13-28-32-10-2-9-31/h1,3-8,11-13,15,31H,2,9-10,14H2,(H3,25,26,27,29)/b28-13+. The van der Waals surface area contributed by atoms with E-state index in [1.807, 2.05) is 36.5 Å². The lowest BCUT2D eigenvalue weighted by Gasteiger charge is -2.11.